The van der Waals surface area contributed by atoms with Gasteiger partial charge in [0.05, 0.1) is 10.6 Å². The van der Waals surface area contributed by atoms with E-state index in [2.05, 4.69) is 9.71 Å². The highest BCUT2D eigenvalue weighted by Crippen LogP contribution is 2.35. The van der Waals surface area contributed by atoms with Crippen molar-refractivity contribution < 1.29 is 13.3 Å². The molecule has 3 N–H and O–H groups in total. The van der Waals surface area contributed by atoms with Crippen LogP contribution in [0.4, 0.5) is 15.8 Å². The van der Waals surface area contributed by atoms with E-state index in [4.69, 9.17) is 5.73 Å². The molecule has 0 unspecified atom stereocenters. The van der Waals surface area contributed by atoms with Gasteiger partial charge in [0, 0.05) is 11.4 Å². The molecule has 0 fully saturated rings. The third kappa shape index (κ3) is 3.31. The van der Waals surface area contributed by atoms with Crippen LogP contribution in [0.5, 0.6) is 0 Å². The number of hydrogen-bond acceptors (Lipinski definition) is 8. The lowest BCUT2D eigenvalue weighted by Crippen LogP contribution is -2.11. The first-order chi connectivity index (χ1) is 9.70. The molecule has 2 aromatic rings. The van der Waals surface area contributed by atoms with Gasteiger partial charge in [-0.05, 0) is 5.92 Å². The molecule has 0 amide bonds. The van der Waals surface area contributed by atoms with Gasteiger partial charge >= 0.3 is 5.69 Å². The molecule has 11 heteroatoms. The number of nitrogens with one attached hydrogen (secondary N) is 1. The number of nitrogens with zero attached hydrogens (tertiary/aromatic N) is 2. The molecule has 0 aliphatic heterocycles. The number of nitrogens with two attached hydrogens (primary N) is 1. The maximum Gasteiger partial charge on any atom is 0.304 e. The molecule has 0 aliphatic carbocycles. The zero-order valence-corrected chi connectivity index (χ0v) is 13.5. The van der Waals surface area contributed by atoms with Crippen molar-refractivity contribution in [3.8, 4) is 0 Å². The van der Waals surface area contributed by atoms with Gasteiger partial charge in [-0.25, -0.2) is 13.4 Å². The summed E-state index contributed by atoms with van der Waals surface area (Å²) in [6.07, 6.45) is 0. The molecule has 2 rings (SSSR count). The summed E-state index contributed by atoms with van der Waals surface area (Å²) >= 11 is 1.80. The van der Waals surface area contributed by atoms with Gasteiger partial charge in [0.1, 0.15) is 4.21 Å². The fourth-order valence-electron chi connectivity index (χ4n) is 1.41. The van der Waals surface area contributed by atoms with Gasteiger partial charge in [0.25, 0.3) is 10.0 Å². The number of nitrogen functional groups attached to an aromatic ring is 1. The summed E-state index contributed by atoms with van der Waals surface area (Å²) in [5.41, 5.74) is 5.81. The van der Waals surface area contributed by atoms with Crippen molar-refractivity contribution in [1.29, 1.82) is 0 Å². The maximum atomic E-state index is 12.2. The number of hydrogen-bond donors (Lipinski definition) is 2. The molecule has 0 saturated heterocycles. The highest BCUT2D eigenvalue weighted by atomic mass is 32.2. The quantitative estimate of drug-likeness (QED) is 0.631. The zero-order valence-electron chi connectivity index (χ0n) is 11.1. The van der Waals surface area contributed by atoms with Crippen LogP contribution in [0.3, 0.4) is 0 Å². The molecular weight excluding hydrogens is 336 g/mol. The van der Waals surface area contributed by atoms with Crippen molar-refractivity contribution in [3.63, 3.8) is 0 Å². The fourth-order valence-corrected chi connectivity index (χ4v) is 4.75. The highest BCUT2D eigenvalue weighted by Gasteiger charge is 2.25. The van der Waals surface area contributed by atoms with Gasteiger partial charge in [0.15, 0.2) is 10.1 Å². The number of thiazole rings is 1. The van der Waals surface area contributed by atoms with E-state index in [0.717, 1.165) is 23.1 Å². The fraction of sp³-hybridized carbons (Fsp3) is 0.300. The molecule has 0 atom stereocenters. The predicted molar refractivity (Wildman–Crippen MR) is 82.4 cm³/mol. The molecule has 0 spiro atoms. The van der Waals surface area contributed by atoms with Crippen molar-refractivity contribution in [3.05, 3.63) is 27.3 Å². The van der Waals surface area contributed by atoms with Crippen LogP contribution in [-0.4, -0.2) is 18.3 Å². The number of aromatic nitrogens is 1. The van der Waals surface area contributed by atoms with E-state index in [-0.39, 0.29) is 20.3 Å². The number of sulfonamides is 1. The summed E-state index contributed by atoms with van der Waals surface area (Å²) in [5, 5.41) is 12.5. The zero-order chi connectivity index (χ0) is 15.8. The van der Waals surface area contributed by atoms with Crippen LogP contribution < -0.4 is 10.5 Å². The van der Waals surface area contributed by atoms with Crippen LogP contribution in [0.25, 0.3) is 0 Å². The summed E-state index contributed by atoms with van der Waals surface area (Å²) in [4.78, 5) is 14.1. The molecule has 0 radical (unpaired) electrons. The second kappa shape index (κ2) is 5.58. The minimum Gasteiger partial charge on any atom is -0.385 e. The molecule has 8 nitrogen and oxygen atoms in total. The van der Waals surface area contributed by atoms with E-state index in [1.54, 1.807) is 5.38 Å². The van der Waals surface area contributed by atoms with Gasteiger partial charge in [-0.3, -0.25) is 14.8 Å². The van der Waals surface area contributed by atoms with Gasteiger partial charge in [-0.2, -0.15) is 0 Å². The normalized spacial score (nSPS) is 11.8. The van der Waals surface area contributed by atoms with E-state index in [1.807, 2.05) is 13.8 Å². The van der Waals surface area contributed by atoms with Crippen molar-refractivity contribution >= 4 is 48.5 Å². The lowest BCUT2D eigenvalue weighted by Gasteiger charge is -2.02. The monoisotopic (exact) mass is 348 g/mol. The lowest BCUT2D eigenvalue weighted by molar-refractivity contribution is -0.383. The highest BCUT2D eigenvalue weighted by molar-refractivity contribution is 7.95. The van der Waals surface area contributed by atoms with Crippen molar-refractivity contribution in [2.24, 2.45) is 0 Å². The molecule has 114 valence electrons. The molecule has 0 aromatic carbocycles. The molecule has 0 bridgehead atoms. The standard InChI is InChI=1S/C10H12N4O4S3/c1-5(2)6-4-19-10(12-6)13-21(17,18)8-3-7(14(15)16)9(11)20-8/h3-5H,11H2,1-2H3,(H,12,13). The number of anilines is 2. The minimum absolute atomic E-state index is 0.151. The number of thiophene rings is 1. The SMILES string of the molecule is CC(C)c1csc(NS(=O)(=O)c2cc([N+](=O)[O-])c(N)s2)n1. The first-order valence-corrected chi connectivity index (χ1v) is 8.90. The third-order valence-corrected chi connectivity index (χ3v) is 6.19. The Morgan fingerprint density at radius 2 is 2.14 bits per heavy atom. The Morgan fingerprint density at radius 3 is 2.62 bits per heavy atom. The molecular formula is C10H12N4O4S3. The number of rotatable bonds is 5. The number of nitro groups is 1. The van der Waals surface area contributed by atoms with Crippen LogP contribution in [0.15, 0.2) is 15.7 Å². The Kier molecular flexibility index (Phi) is 4.16. The predicted octanol–water partition coefficient (Wildman–Crippen LogP) is 2.62. The van der Waals surface area contributed by atoms with Gasteiger partial charge < -0.3 is 5.73 Å². The summed E-state index contributed by atoms with van der Waals surface area (Å²) in [5.74, 6) is 0.179. The van der Waals surface area contributed by atoms with Crippen molar-refractivity contribution in [1.82, 2.24) is 4.98 Å². The average molecular weight is 348 g/mol. The van der Waals surface area contributed by atoms with E-state index < -0.39 is 20.6 Å². The topological polar surface area (TPSA) is 128 Å². The van der Waals surface area contributed by atoms with Crippen molar-refractivity contribution in [2.45, 2.75) is 24.0 Å². The first-order valence-electron chi connectivity index (χ1n) is 5.72. The Bertz CT molecular complexity index is 778. The Balaban J connectivity index is 2.29. The summed E-state index contributed by atoms with van der Waals surface area (Å²) < 4.78 is 26.4. The summed E-state index contributed by atoms with van der Waals surface area (Å²) in [6, 6.07) is 0.944. The second-order valence-corrected chi connectivity index (χ2v) is 8.26. The van der Waals surface area contributed by atoms with Crippen molar-refractivity contribution in [2.75, 3.05) is 10.5 Å². The smallest absolute Gasteiger partial charge is 0.304 e. The third-order valence-electron chi connectivity index (χ3n) is 2.51. The van der Waals surface area contributed by atoms with Gasteiger partial charge in [-0.15, -0.1) is 11.3 Å². The molecule has 2 aromatic heterocycles. The average Bonchev–Trinajstić information content (AvgIpc) is 2.95. The Hall–Kier alpha value is -1.72. The van der Waals surface area contributed by atoms with E-state index in [9.17, 15) is 18.5 Å². The van der Waals surface area contributed by atoms with Gasteiger partial charge in [0.2, 0.25) is 0 Å². The van der Waals surface area contributed by atoms with Crippen LogP contribution >= 0.6 is 22.7 Å². The Labute approximate surface area is 128 Å². The summed E-state index contributed by atoms with van der Waals surface area (Å²) in [7, 11) is -3.93. The van der Waals surface area contributed by atoms with E-state index in [0.29, 0.717) is 11.3 Å². The Morgan fingerprint density at radius 1 is 1.48 bits per heavy atom. The largest absolute Gasteiger partial charge is 0.385 e. The second-order valence-electron chi connectivity index (χ2n) is 4.41. The maximum absolute atomic E-state index is 12.2. The molecule has 0 saturated carbocycles. The molecule has 0 aliphatic rings. The van der Waals surface area contributed by atoms with Crippen LogP contribution in [0.2, 0.25) is 0 Å². The van der Waals surface area contributed by atoms with Crippen LogP contribution in [0.1, 0.15) is 25.5 Å². The van der Waals surface area contributed by atoms with Gasteiger partial charge in [-0.1, -0.05) is 25.2 Å². The van der Waals surface area contributed by atoms with Crippen LogP contribution in [0, 0.1) is 10.1 Å². The lowest BCUT2D eigenvalue weighted by atomic mass is 10.2. The minimum atomic E-state index is -3.93. The van der Waals surface area contributed by atoms with E-state index >= 15 is 0 Å². The summed E-state index contributed by atoms with van der Waals surface area (Å²) in [6.45, 7) is 3.88. The first kappa shape index (κ1) is 15.7. The van der Waals surface area contributed by atoms with Crippen LogP contribution in [-0.2, 0) is 10.0 Å². The molecule has 21 heavy (non-hydrogen) atoms. The van der Waals surface area contributed by atoms with E-state index in [1.165, 1.54) is 0 Å². The molecule has 2 heterocycles.